The molecule has 18 heavy (non-hydrogen) atoms. The van der Waals surface area contributed by atoms with Crippen LogP contribution >= 0.6 is 0 Å². The molecule has 2 heteroatoms. The van der Waals surface area contributed by atoms with Crippen molar-refractivity contribution in [2.75, 3.05) is 11.9 Å². The van der Waals surface area contributed by atoms with E-state index in [2.05, 4.69) is 29.6 Å². The van der Waals surface area contributed by atoms with E-state index in [1.54, 1.807) is 0 Å². The van der Waals surface area contributed by atoms with E-state index in [4.69, 9.17) is 0 Å². The summed E-state index contributed by atoms with van der Waals surface area (Å²) in [7, 11) is 0. The summed E-state index contributed by atoms with van der Waals surface area (Å²) in [6.45, 7) is 0.959. The molecule has 0 radical (unpaired) electrons. The number of anilines is 1. The van der Waals surface area contributed by atoms with Crippen molar-refractivity contribution in [2.24, 2.45) is 0 Å². The summed E-state index contributed by atoms with van der Waals surface area (Å²) >= 11 is 0. The molecule has 0 aliphatic carbocycles. The molecule has 0 atom stereocenters. The highest BCUT2D eigenvalue weighted by Crippen LogP contribution is 2.40. The molecule has 0 spiro atoms. The second-order valence-corrected chi connectivity index (χ2v) is 4.82. The third-order valence-corrected chi connectivity index (χ3v) is 3.78. The number of hydrogen-bond donors (Lipinski definition) is 2. The maximum Gasteiger partial charge on any atom is 0.124 e. The van der Waals surface area contributed by atoms with Crippen molar-refractivity contribution in [1.29, 1.82) is 0 Å². The first-order valence-corrected chi connectivity index (χ1v) is 6.25. The lowest BCUT2D eigenvalue weighted by molar-refractivity contribution is 0.481. The predicted molar refractivity (Wildman–Crippen MR) is 75.3 cm³/mol. The lowest BCUT2D eigenvalue weighted by Crippen LogP contribution is -1.92. The van der Waals surface area contributed by atoms with Gasteiger partial charge in [0.15, 0.2) is 0 Å². The first kappa shape index (κ1) is 9.77. The van der Waals surface area contributed by atoms with Crippen molar-refractivity contribution in [2.45, 2.75) is 6.42 Å². The van der Waals surface area contributed by atoms with Crippen LogP contribution < -0.4 is 5.32 Å². The second kappa shape index (κ2) is 3.39. The highest BCUT2D eigenvalue weighted by atomic mass is 16.3. The molecule has 0 unspecified atom stereocenters. The predicted octanol–water partition coefficient (Wildman–Crippen LogP) is 3.67. The Morgan fingerprint density at radius 1 is 1.00 bits per heavy atom. The molecule has 0 amide bonds. The smallest absolute Gasteiger partial charge is 0.124 e. The van der Waals surface area contributed by atoms with Crippen molar-refractivity contribution in [1.82, 2.24) is 0 Å². The summed E-state index contributed by atoms with van der Waals surface area (Å²) < 4.78 is 0. The molecule has 0 bridgehead atoms. The Kier molecular flexibility index (Phi) is 1.84. The minimum Gasteiger partial charge on any atom is -0.507 e. The van der Waals surface area contributed by atoms with E-state index in [-0.39, 0.29) is 0 Å². The van der Waals surface area contributed by atoms with E-state index >= 15 is 0 Å². The molecular weight excluding hydrogens is 222 g/mol. The minimum absolute atomic E-state index is 0.393. The molecule has 1 aliphatic heterocycles. The normalized spacial score (nSPS) is 13.8. The third-order valence-electron chi connectivity index (χ3n) is 3.78. The summed E-state index contributed by atoms with van der Waals surface area (Å²) in [5.41, 5.74) is 2.41. The van der Waals surface area contributed by atoms with Gasteiger partial charge in [0, 0.05) is 23.0 Å². The summed E-state index contributed by atoms with van der Waals surface area (Å²) in [6, 6.07) is 14.3. The first-order chi connectivity index (χ1) is 8.84. The van der Waals surface area contributed by atoms with E-state index in [0.29, 0.717) is 5.75 Å². The lowest BCUT2D eigenvalue weighted by Gasteiger charge is -2.10. The van der Waals surface area contributed by atoms with Gasteiger partial charge in [-0.05, 0) is 28.8 Å². The van der Waals surface area contributed by atoms with Crippen molar-refractivity contribution in [3.05, 3.63) is 48.0 Å². The van der Waals surface area contributed by atoms with E-state index < -0.39 is 0 Å². The number of fused-ring (bicyclic) bond motifs is 5. The zero-order chi connectivity index (χ0) is 12.1. The molecule has 4 rings (SSSR count). The zero-order valence-electron chi connectivity index (χ0n) is 9.90. The first-order valence-electron chi connectivity index (χ1n) is 6.25. The van der Waals surface area contributed by atoms with Gasteiger partial charge in [0.1, 0.15) is 5.75 Å². The Hall–Kier alpha value is -2.22. The fourth-order valence-corrected chi connectivity index (χ4v) is 2.97. The average molecular weight is 235 g/mol. The summed E-state index contributed by atoms with van der Waals surface area (Å²) in [6.07, 6.45) is 0.992. The molecule has 2 N–H and O–H groups in total. The van der Waals surface area contributed by atoms with E-state index in [9.17, 15) is 5.11 Å². The molecule has 0 aromatic heterocycles. The van der Waals surface area contributed by atoms with Crippen LogP contribution in [0.25, 0.3) is 21.5 Å². The van der Waals surface area contributed by atoms with Crippen LogP contribution in [0.5, 0.6) is 5.75 Å². The largest absolute Gasteiger partial charge is 0.507 e. The van der Waals surface area contributed by atoms with Crippen LogP contribution in [0, 0.1) is 0 Å². The monoisotopic (exact) mass is 235 g/mol. The van der Waals surface area contributed by atoms with Crippen molar-refractivity contribution >= 4 is 27.2 Å². The number of aromatic hydroxyl groups is 1. The van der Waals surface area contributed by atoms with Gasteiger partial charge in [-0.1, -0.05) is 36.4 Å². The molecule has 3 aromatic carbocycles. The molecule has 88 valence electrons. The quantitative estimate of drug-likeness (QED) is 0.460. The van der Waals surface area contributed by atoms with Crippen LogP contribution in [0.1, 0.15) is 5.56 Å². The fraction of sp³-hybridized carbons (Fsp3) is 0.125. The minimum atomic E-state index is 0.393. The van der Waals surface area contributed by atoms with Crippen molar-refractivity contribution in [3.8, 4) is 5.75 Å². The van der Waals surface area contributed by atoms with Crippen LogP contribution in [0.4, 0.5) is 5.69 Å². The Morgan fingerprint density at radius 2 is 1.89 bits per heavy atom. The third kappa shape index (κ3) is 1.17. The van der Waals surface area contributed by atoms with Crippen LogP contribution in [0.15, 0.2) is 42.5 Å². The molecule has 0 fully saturated rings. The Bertz CT molecular complexity index is 777. The van der Waals surface area contributed by atoms with Gasteiger partial charge in [-0.25, -0.2) is 0 Å². The molecule has 0 saturated heterocycles. The van der Waals surface area contributed by atoms with Gasteiger partial charge < -0.3 is 10.4 Å². The van der Waals surface area contributed by atoms with Gasteiger partial charge in [-0.3, -0.25) is 0 Å². The number of phenols is 1. The number of rotatable bonds is 0. The van der Waals surface area contributed by atoms with Crippen molar-refractivity contribution < 1.29 is 5.11 Å². The SMILES string of the molecule is Oc1cc2c(c3ccc4ccccc4c13)NCC2. The van der Waals surface area contributed by atoms with Gasteiger partial charge >= 0.3 is 0 Å². The Morgan fingerprint density at radius 3 is 2.83 bits per heavy atom. The number of phenolic OH excluding ortho intramolecular Hbond substituents is 1. The van der Waals surface area contributed by atoms with E-state index in [0.717, 1.165) is 29.1 Å². The lowest BCUT2D eigenvalue weighted by atomic mass is 9.97. The van der Waals surface area contributed by atoms with Gasteiger partial charge in [0.2, 0.25) is 0 Å². The average Bonchev–Trinajstić information content (AvgIpc) is 2.86. The fourth-order valence-electron chi connectivity index (χ4n) is 2.97. The number of hydrogen-bond acceptors (Lipinski definition) is 2. The summed E-state index contributed by atoms with van der Waals surface area (Å²) in [5, 5.41) is 18.1. The van der Waals surface area contributed by atoms with Gasteiger partial charge in [-0.2, -0.15) is 0 Å². The van der Waals surface area contributed by atoms with Crippen LogP contribution in [0.2, 0.25) is 0 Å². The van der Waals surface area contributed by atoms with E-state index in [1.807, 2.05) is 18.2 Å². The highest BCUT2D eigenvalue weighted by Gasteiger charge is 2.17. The molecule has 2 nitrogen and oxygen atoms in total. The zero-order valence-corrected chi connectivity index (χ0v) is 9.90. The van der Waals surface area contributed by atoms with Crippen LogP contribution in [0.3, 0.4) is 0 Å². The maximum atomic E-state index is 10.3. The molecule has 0 saturated carbocycles. The van der Waals surface area contributed by atoms with Crippen LogP contribution in [-0.4, -0.2) is 11.7 Å². The summed E-state index contributed by atoms with van der Waals surface area (Å²) in [4.78, 5) is 0. The Labute approximate surface area is 105 Å². The molecule has 1 heterocycles. The molecular formula is C16H13NO. The Balaban J connectivity index is 2.26. The standard InChI is InChI=1S/C16H13NO/c18-14-9-11-7-8-17-16(11)13-6-5-10-3-1-2-4-12(10)15(13)14/h1-6,9,17-18H,7-8H2. The maximum absolute atomic E-state index is 10.3. The highest BCUT2D eigenvalue weighted by molar-refractivity contribution is 6.15. The van der Waals surface area contributed by atoms with Crippen molar-refractivity contribution in [3.63, 3.8) is 0 Å². The number of nitrogens with one attached hydrogen (secondary N) is 1. The number of benzene rings is 3. The van der Waals surface area contributed by atoms with E-state index in [1.165, 1.54) is 16.6 Å². The molecule has 3 aromatic rings. The van der Waals surface area contributed by atoms with Gasteiger partial charge in [-0.15, -0.1) is 0 Å². The summed E-state index contributed by atoms with van der Waals surface area (Å²) in [5.74, 6) is 0.393. The van der Waals surface area contributed by atoms with Gasteiger partial charge in [0.05, 0.1) is 0 Å². The van der Waals surface area contributed by atoms with Crippen LogP contribution in [-0.2, 0) is 6.42 Å². The topological polar surface area (TPSA) is 32.3 Å². The molecule has 1 aliphatic rings. The van der Waals surface area contributed by atoms with Gasteiger partial charge in [0.25, 0.3) is 0 Å². The second-order valence-electron chi connectivity index (χ2n) is 4.82.